The van der Waals surface area contributed by atoms with E-state index in [0.29, 0.717) is 11.1 Å². The highest BCUT2D eigenvalue weighted by Gasteiger charge is 2.17. The standard InChI is InChI=1S/C9H12N2O2/c1-4-8-7(3)9(11(12)13)6(2)5-10-8/h5H,4H2,1-3H3. The Morgan fingerprint density at radius 1 is 1.54 bits per heavy atom. The summed E-state index contributed by atoms with van der Waals surface area (Å²) in [7, 11) is 0. The topological polar surface area (TPSA) is 56.0 Å². The van der Waals surface area contributed by atoms with Crippen LogP contribution in [0.4, 0.5) is 5.69 Å². The fourth-order valence-corrected chi connectivity index (χ4v) is 1.40. The fourth-order valence-electron chi connectivity index (χ4n) is 1.40. The Bertz CT molecular complexity index is 348. The highest BCUT2D eigenvalue weighted by atomic mass is 16.6. The van der Waals surface area contributed by atoms with Gasteiger partial charge >= 0.3 is 0 Å². The minimum Gasteiger partial charge on any atom is -0.260 e. The molecule has 1 aromatic heterocycles. The van der Waals surface area contributed by atoms with Crippen molar-refractivity contribution in [1.82, 2.24) is 4.98 Å². The van der Waals surface area contributed by atoms with Crippen molar-refractivity contribution in [2.75, 3.05) is 0 Å². The normalized spacial score (nSPS) is 10.1. The van der Waals surface area contributed by atoms with E-state index < -0.39 is 0 Å². The summed E-state index contributed by atoms with van der Waals surface area (Å²) in [6.07, 6.45) is 2.29. The SMILES string of the molecule is CCc1ncc(C)c([N+](=O)[O-])c1C. The van der Waals surface area contributed by atoms with E-state index in [-0.39, 0.29) is 10.6 Å². The molecule has 0 N–H and O–H groups in total. The summed E-state index contributed by atoms with van der Waals surface area (Å²) in [4.78, 5) is 14.5. The Hall–Kier alpha value is -1.45. The molecule has 70 valence electrons. The van der Waals surface area contributed by atoms with E-state index in [0.717, 1.165) is 12.1 Å². The molecular formula is C9H12N2O2. The fraction of sp³-hybridized carbons (Fsp3) is 0.444. The Labute approximate surface area is 76.8 Å². The first-order valence-corrected chi connectivity index (χ1v) is 4.17. The Balaban J connectivity index is 3.38. The lowest BCUT2D eigenvalue weighted by Crippen LogP contribution is -2.01. The number of nitro groups is 1. The lowest BCUT2D eigenvalue weighted by atomic mass is 10.1. The van der Waals surface area contributed by atoms with Gasteiger partial charge in [0.05, 0.1) is 4.92 Å². The van der Waals surface area contributed by atoms with Crippen LogP contribution >= 0.6 is 0 Å². The predicted octanol–water partition coefficient (Wildman–Crippen LogP) is 2.17. The predicted molar refractivity (Wildman–Crippen MR) is 49.7 cm³/mol. The quantitative estimate of drug-likeness (QED) is 0.517. The van der Waals surface area contributed by atoms with Crippen LogP contribution in [0.2, 0.25) is 0 Å². The maximum Gasteiger partial charge on any atom is 0.278 e. The minimum atomic E-state index is -0.342. The Morgan fingerprint density at radius 2 is 2.15 bits per heavy atom. The summed E-state index contributed by atoms with van der Waals surface area (Å²) >= 11 is 0. The van der Waals surface area contributed by atoms with E-state index in [1.54, 1.807) is 20.0 Å². The molecule has 0 atom stereocenters. The molecule has 0 aliphatic heterocycles. The van der Waals surface area contributed by atoms with Crippen LogP contribution < -0.4 is 0 Å². The Morgan fingerprint density at radius 3 is 2.62 bits per heavy atom. The maximum atomic E-state index is 10.7. The molecular weight excluding hydrogens is 168 g/mol. The van der Waals surface area contributed by atoms with Crippen LogP contribution in [-0.2, 0) is 6.42 Å². The van der Waals surface area contributed by atoms with Gasteiger partial charge in [0.15, 0.2) is 0 Å². The summed E-state index contributed by atoms with van der Waals surface area (Å²) < 4.78 is 0. The summed E-state index contributed by atoms with van der Waals surface area (Å²) in [5, 5.41) is 10.7. The molecule has 0 spiro atoms. The maximum absolute atomic E-state index is 10.7. The molecule has 0 bridgehead atoms. The van der Waals surface area contributed by atoms with Gasteiger partial charge in [-0.05, 0) is 20.3 Å². The average molecular weight is 180 g/mol. The molecule has 1 heterocycles. The third kappa shape index (κ3) is 1.66. The minimum absolute atomic E-state index is 0.201. The molecule has 13 heavy (non-hydrogen) atoms. The van der Waals surface area contributed by atoms with Crippen LogP contribution in [0.1, 0.15) is 23.7 Å². The zero-order valence-electron chi connectivity index (χ0n) is 8.00. The van der Waals surface area contributed by atoms with Crippen molar-refractivity contribution < 1.29 is 4.92 Å². The molecule has 4 nitrogen and oxygen atoms in total. The van der Waals surface area contributed by atoms with Crippen LogP contribution in [0, 0.1) is 24.0 Å². The van der Waals surface area contributed by atoms with Gasteiger partial charge in [-0.25, -0.2) is 0 Å². The van der Waals surface area contributed by atoms with Crippen molar-refractivity contribution >= 4 is 5.69 Å². The van der Waals surface area contributed by atoms with E-state index in [9.17, 15) is 10.1 Å². The molecule has 1 aromatic rings. The van der Waals surface area contributed by atoms with E-state index in [1.807, 2.05) is 6.92 Å². The second-order valence-corrected chi connectivity index (χ2v) is 2.97. The van der Waals surface area contributed by atoms with E-state index in [4.69, 9.17) is 0 Å². The monoisotopic (exact) mass is 180 g/mol. The number of aryl methyl sites for hydroxylation is 2. The van der Waals surface area contributed by atoms with Crippen molar-refractivity contribution in [3.8, 4) is 0 Å². The van der Waals surface area contributed by atoms with Crippen molar-refractivity contribution in [2.45, 2.75) is 27.2 Å². The smallest absolute Gasteiger partial charge is 0.260 e. The van der Waals surface area contributed by atoms with Crippen LogP contribution in [0.5, 0.6) is 0 Å². The van der Waals surface area contributed by atoms with Gasteiger partial charge in [-0.1, -0.05) is 6.92 Å². The molecule has 0 radical (unpaired) electrons. The number of hydrogen-bond acceptors (Lipinski definition) is 3. The summed E-state index contributed by atoms with van der Waals surface area (Å²) in [6, 6.07) is 0. The summed E-state index contributed by atoms with van der Waals surface area (Å²) in [6.45, 7) is 5.39. The highest BCUT2D eigenvalue weighted by molar-refractivity contribution is 5.47. The first-order chi connectivity index (χ1) is 6.07. The van der Waals surface area contributed by atoms with E-state index >= 15 is 0 Å². The first kappa shape index (κ1) is 9.64. The zero-order chi connectivity index (χ0) is 10.0. The number of rotatable bonds is 2. The molecule has 0 aromatic carbocycles. The van der Waals surface area contributed by atoms with Gasteiger partial charge in [-0.15, -0.1) is 0 Å². The molecule has 0 aliphatic carbocycles. The lowest BCUT2D eigenvalue weighted by molar-refractivity contribution is -0.386. The van der Waals surface area contributed by atoms with Gasteiger partial charge in [-0.3, -0.25) is 15.1 Å². The van der Waals surface area contributed by atoms with Crippen LogP contribution in [0.15, 0.2) is 6.20 Å². The van der Waals surface area contributed by atoms with Crippen molar-refractivity contribution in [3.63, 3.8) is 0 Å². The third-order valence-electron chi connectivity index (χ3n) is 2.09. The molecule has 0 amide bonds. The Kier molecular flexibility index (Phi) is 2.60. The molecule has 0 fully saturated rings. The largest absolute Gasteiger partial charge is 0.278 e. The van der Waals surface area contributed by atoms with Crippen LogP contribution in [0.3, 0.4) is 0 Å². The second kappa shape index (κ2) is 3.51. The van der Waals surface area contributed by atoms with E-state index in [1.165, 1.54) is 0 Å². The molecule has 0 saturated heterocycles. The second-order valence-electron chi connectivity index (χ2n) is 2.97. The molecule has 0 saturated carbocycles. The lowest BCUT2D eigenvalue weighted by Gasteiger charge is -2.04. The van der Waals surface area contributed by atoms with Crippen molar-refractivity contribution in [2.24, 2.45) is 0 Å². The molecule has 1 rings (SSSR count). The van der Waals surface area contributed by atoms with Crippen LogP contribution in [-0.4, -0.2) is 9.91 Å². The van der Waals surface area contributed by atoms with Crippen molar-refractivity contribution in [3.05, 3.63) is 33.1 Å². The number of hydrogen-bond donors (Lipinski definition) is 0. The van der Waals surface area contributed by atoms with Crippen molar-refractivity contribution in [1.29, 1.82) is 0 Å². The zero-order valence-corrected chi connectivity index (χ0v) is 8.00. The molecule has 4 heteroatoms. The molecule has 0 unspecified atom stereocenters. The van der Waals surface area contributed by atoms with Gasteiger partial charge in [0.25, 0.3) is 5.69 Å². The summed E-state index contributed by atoms with van der Waals surface area (Å²) in [5.74, 6) is 0. The van der Waals surface area contributed by atoms with Gasteiger partial charge < -0.3 is 0 Å². The van der Waals surface area contributed by atoms with E-state index in [2.05, 4.69) is 4.98 Å². The van der Waals surface area contributed by atoms with Gasteiger partial charge in [0, 0.05) is 23.0 Å². The highest BCUT2D eigenvalue weighted by Crippen LogP contribution is 2.23. The van der Waals surface area contributed by atoms with Gasteiger partial charge in [0.1, 0.15) is 0 Å². The number of aromatic nitrogens is 1. The number of pyridine rings is 1. The van der Waals surface area contributed by atoms with Gasteiger partial charge in [-0.2, -0.15) is 0 Å². The van der Waals surface area contributed by atoms with Gasteiger partial charge in [0.2, 0.25) is 0 Å². The first-order valence-electron chi connectivity index (χ1n) is 4.17. The summed E-state index contributed by atoms with van der Waals surface area (Å²) in [5.41, 5.74) is 2.32. The average Bonchev–Trinajstić information content (AvgIpc) is 2.04. The van der Waals surface area contributed by atoms with Crippen LogP contribution in [0.25, 0.3) is 0 Å². The number of nitrogens with zero attached hydrogens (tertiary/aromatic N) is 2. The molecule has 0 aliphatic rings. The third-order valence-corrected chi connectivity index (χ3v) is 2.09.